The second-order valence-corrected chi connectivity index (χ2v) is 14.0. The Kier molecular flexibility index (Phi) is 6.97. The number of likely N-dealkylation sites (N-methyl/N-ethyl adjacent to an activating group) is 1. The Balaban J connectivity index is 1.17. The van der Waals surface area contributed by atoms with Gasteiger partial charge in [0.25, 0.3) is 5.91 Å². The van der Waals surface area contributed by atoms with Crippen LogP contribution >= 0.6 is 0 Å². The Morgan fingerprint density at radius 2 is 1.82 bits per heavy atom. The van der Waals surface area contributed by atoms with Gasteiger partial charge in [0.1, 0.15) is 0 Å². The SMILES string of the molecule is CC(=O)O[C@H](Cc1ccccc1)C(=O)N(C)[C@H]1CC[C@@]2(C)C(=CC[C@H]3[C@@H]4CCC5[C@H](C)N(C)C[C@@]54CC[C@@H]32)C1. The standard InChI is InChI=1S/C34H48N2O3/c1-22-28-13-14-30-27-12-11-25-20-26(15-17-33(25,3)29(27)16-18-34(28,30)21-35(22)4)36(5)32(38)31(39-23(2)37)19-24-9-7-6-8-10-24/h6-11,22,26-31H,12-21H2,1-5H3/t22-,26-,27+,28?,29-,30-,31+,33-,34-/m0/s1. The third-order valence-electron chi connectivity index (χ3n) is 12.4. The van der Waals surface area contributed by atoms with Crippen LogP contribution in [0.3, 0.4) is 0 Å². The fraction of sp³-hybridized carbons (Fsp3) is 0.706. The number of esters is 1. The Morgan fingerprint density at radius 3 is 2.56 bits per heavy atom. The maximum absolute atomic E-state index is 13.7. The lowest BCUT2D eigenvalue weighted by molar-refractivity contribution is -0.159. The maximum Gasteiger partial charge on any atom is 0.303 e. The molecule has 1 aromatic carbocycles. The lowest BCUT2D eigenvalue weighted by atomic mass is 9.47. The van der Waals surface area contributed by atoms with Gasteiger partial charge in [0, 0.05) is 39.0 Å². The van der Waals surface area contributed by atoms with Gasteiger partial charge in [-0.2, -0.15) is 0 Å². The quantitative estimate of drug-likeness (QED) is 0.351. The molecule has 5 heteroatoms. The van der Waals surface area contributed by atoms with Crippen molar-refractivity contribution >= 4 is 11.9 Å². The zero-order valence-corrected chi connectivity index (χ0v) is 24.7. The second kappa shape index (κ2) is 10.0. The highest BCUT2D eigenvalue weighted by molar-refractivity contribution is 5.84. The Bertz CT molecular complexity index is 1130. The van der Waals surface area contributed by atoms with Crippen molar-refractivity contribution in [3.05, 3.63) is 47.5 Å². The summed E-state index contributed by atoms with van der Waals surface area (Å²) in [6, 6.07) is 10.8. The highest BCUT2D eigenvalue weighted by atomic mass is 16.5. The zero-order chi connectivity index (χ0) is 27.5. The first-order chi connectivity index (χ1) is 18.6. The third-order valence-corrected chi connectivity index (χ3v) is 12.4. The number of fused-ring (bicyclic) bond motifs is 4. The van der Waals surface area contributed by atoms with Crippen molar-refractivity contribution in [2.45, 2.75) is 96.7 Å². The number of amides is 1. The van der Waals surface area contributed by atoms with E-state index in [-0.39, 0.29) is 17.4 Å². The maximum atomic E-state index is 13.7. The van der Waals surface area contributed by atoms with Crippen molar-refractivity contribution in [2.75, 3.05) is 20.6 Å². The summed E-state index contributed by atoms with van der Waals surface area (Å²) < 4.78 is 5.57. The summed E-state index contributed by atoms with van der Waals surface area (Å²) in [5, 5.41) is 0. The number of allylic oxidation sites excluding steroid dienone is 1. The largest absolute Gasteiger partial charge is 0.452 e. The van der Waals surface area contributed by atoms with E-state index in [1.54, 1.807) is 5.57 Å². The normalized spacial score (nSPS) is 40.0. The molecule has 1 aliphatic heterocycles. The summed E-state index contributed by atoms with van der Waals surface area (Å²) in [4.78, 5) is 30.1. The summed E-state index contributed by atoms with van der Waals surface area (Å²) in [5.41, 5.74) is 3.42. The van der Waals surface area contributed by atoms with Gasteiger partial charge < -0.3 is 14.5 Å². The molecule has 6 rings (SSSR count). The number of ether oxygens (including phenoxy) is 1. The van der Waals surface area contributed by atoms with E-state index in [0.29, 0.717) is 11.8 Å². The topological polar surface area (TPSA) is 49.9 Å². The van der Waals surface area contributed by atoms with Crippen LogP contribution in [0.2, 0.25) is 0 Å². The molecule has 4 aliphatic carbocycles. The molecule has 1 saturated heterocycles. The summed E-state index contributed by atoms with van der Waals surface area (Å²) in [6.45, 7) is 7.73. The summed E-state index contributed by atoms with van der Waals surface area (Å²) in [6.07, 6.45) is 12.2. The molecule has 3 saturated carbocycles. The smallest absolute Gasteiger partial charge is 0.303 e. The monoisotopic (exact) mass is 532 g/mol. The zero-order valence-electron chi connectivity index (χ0n) is 24.7. The lowest BCUT2D eigenvalue weighted by Gasteiger charge is -2.58. The fourth-order valence-corrected chi connectivity index (χ4v) is 10.4. The molecule has 5 aliphatic rings. The number of hydrogen-bond acceptors (Lipinski definition) is 4. The molecular formula is C34H48N2O3. The van der Waals surface area contributed by atoms with E-state index in [1.807, 2.05) is 42.3 Å². The number of carbonyl (C=O) groups excluding carboxylic acids is 2. The van der Waals surface area contributed by atoms with Gasteiger partial charge in [-0.25, -0.2) is 0 Å². The molecule has 1 aromatic rings. The first-order valence-electron chi connectivity index (χ1n) is 15.5. The van der Waals surface area contributed by atoms with Gasteiger partial charge in [-0.1, -0.05) is 48.9 Å². The van der Waals surface area contributed by atoms with E-state index < -0.39 is 12.1 Å². The Hall–Kier alpha value is -2.14. The Labute approximate surface area is 235 Å². The molecule has 9 atom stereocenters. The average molecular weight is 533 g/mol. The number of nitrogens with zero attached hydrogens (tertiary/aromatic N) is 2. The highest BCUT2D eigenvalue weighted by Gasteiger charge is 2.64. The number of hydrogen-bond donors (Lipinski definition) is 0. The third kappa shape index (κ3) is 4.38. The summed E-state index contributed by atoms with van der Waals surface area (Å²) in [5.74, 6) is 2.90. The highest BCUT2D eigenvalue weighted by Crippen LogP contribution is 2.68. The van der Waals surface area contributed by atoms with E-state index >= 15 is 0 Å². The molecule has 1 spiro atoms. The van der Waals surface area contributed by atoms with E-state index in [9.17, 15) is 9.59 Å². The predicted molar refractivity (Wildman–Crippen MR) is 154 cm³/mol. The fourth-order valence-electron chi connectivity index (χ4n) is 10.4. The number of benzene rings is 1. The van der Waals surface area contributed by atoms with E-state index in [1.165, 1.54) is 45.6 Å². The first kappa shape index (κ1) is 27.1. The lowest BCUT2D eigenvalue weighted by Crippen LogP contribution is -2.53. The van der Waals surface area contributed by atoms with Gasteiger partial charge in [-0.3, -0.25) is 9.59 Å². The van der Waals surface area contributed by atoms with Crippen LogP contribution < -0.4 is 0 Å². The molecule has 1 unspecified atom stereocenters. The van der Waals surface area contributed by atoms with Crippen LogP contribution in [0.4, 0.5) is 0 Å². The Morgan fingerprint density at radius 1 is 1.08 bits per heavy atom. The minimum absolute atomic E-state index is 0.0759. The molecule has 212 valence electrons. The number of carbonyl (C=O) groups is 2. The number of likely N-dealkylation sites (tertiary alicyclic amines) is 1. The minimum Gasteiger partial charge on any atom is -0.452 e. The van der Waals surface area contributed by atoms with Crippen molar-refractivity contribution in [1.82, 2.24) is 9.80 Å². The van der Waals surface area contributed by atoms with Crippen LogP contribution in [0.15, 0.2) is 42.0 Å². The average Bonchev–Trinajstić information content (AvgIpc) is 3.40. The van der Waals surface area contributed by atoms with E-state index in [2.05, 4.69) is 31.9 Å². The van der Waals surface area contributed by atoms with Crippen LogP contribution in [0, 0.1) is 34.5 Å². The van der Waals surface area contributed by atoms with Crippen molar-refractivity contribution < 1.29 is 14.3 Å². The van der Waals surface area contributed by atoms with Crippen molar-refractivity contribution in [3.63, 3.8) is 0 Å². The van der Waals surface area contributed by atoms with Gasteiger partial charge in [0.2, 0.25) is 0 Å². The van der Waals surface area contributed by atoms with Crippen LogP contribution in [-0.2, 0) is 20.7 Å². The van der Waals surface area contributed by atoms with Crippen LogP contribution in [0.1, 0.15) is 77.7 Å². The van der Waals surface area contributed by atoms with Crippen molar-refractivity contribution in [2.24, 2.45) is 34.5 Å². The van der Waals surface area contributed by atoms with E-state index in [4.69, 9.17) is 4.74 Å². The predicted octanol–water partition coefficient (Wildman–Crippen LogP) is 5.88. The summed E-state index contributed by atoms with van der Waals surface area (Å²) in [7, 11) is 4.27. The molecule has 5 nitrogen and oxygen atoms in total. The molecule has 0 bridgehead atoms. The van der Waals surface area contributed by atoms with Crippen LogP contribution in [0.5, 0.6) is 0 Å². The molecule has 0 radical (unpaired) electrons. The second-order valence-electron chi connectivity index (χ2n) is 14.0. The van der Waals surface area contributed by atoms with Crippen LogP contribution in [0.25, 0.3) is 0 Å². The molecule has 0 aromatic heterocycles. The molecular weight excluding hydrogens is 484 g/mol. The summed E-state index contributed by atoms with van der Waals surface area (Å²) >= 11 is 0. The van der Waals surface area contributed by atoms with Crippen molar-refractivity contribution in [3.8, 4) is 0 Å². The van der Waals surface area contributed by atoms with E-state index in [0.717, 1.165) is 54.5 Å². The van der Waals surface area contributed by atoms with Crippen LogP contribution in [-0.4, -0.2) is 60.5 Å². The number of rotatable bonds is 5. The van der Waals surface area contributed by atoms with Gasteiger partial charge in [0.05, 0.1) is 0 Å². The van der Waals surface area contributed by atoms with Gasteiger partial charge >= 0.3 is 5.97 Å². The molecule has 39 heavy (non-hydrogen) atoms. The minimum atomic E-state index is -0.773. The molecule has 4 fully saturated rings. The van der Waals surface area contributed by atoms with Gasteiger partial charge in [-0.05, 0) is 105 Å². The van der Waals surface area contributed by atoms with Gasteiger partial charge in [-0.15, -0.1) is 0 Å². The first-order valence-corrected chi connectivity index (χ1v) is 15.5. The van der Waals surface area contributed by atoms with Crippen molar-refractivity contribution in [1.29, 1.82) is 0 Å². The molecule has 0 N–H and O–H groups in total. The molecule has 1 heterocycles. The van der Waals surface area contributed by atoms with Gasteiger partial charge in [0.15, 0.2) is 6.10 Å². The molecule has 1 amide bonds.